The average molecular weight is 282 g/mol. The summed E-state index contributed by atoms with van der Waals surface area (Å²) in [5, 5.41) is 0. The molecule has 0 amide bonds. The summed E-state index contributed by atoms with van der Waals surface area (Å²) in [6, 6.07) is 17.7. The van der Waals surface area contributed by atoms with E-state index in [0.717, 1.165) is 6.42 Å². The van der Waals surface area contributed by atoms with Crippen molar-refractivity contribution in [3.63, 3.8) is 0 Å². The van der Waals surface area contributed by atoms with E-state index < -0.39 is 0 Å². The molecule has 0 unspecified atom stereocenters. The van der Waals surface area contributed by atoms with Gasteiger partial charge in [0.15, 0.2) is 0 Å². The SMILES string of the molecule is CCC.CCc1cccc(-c2cccc(C(C)(C)C)c2)c1. The van der Waals surface area contributed by atoms with Gasteiger partial charge in [0.1, 0.15) is 0 Å². The molecule has 0 heteroatoms. The molecule has 0 aliphatic rings. The van der Waals surface area contributed by atoms with Crippen molar-refractivity contribution in [2.45, 2.75) is 59.8 Å². The molecule has 0 nitrogen and oxygen atoms in total. The van der Waals surface area contributed by atoms with E-state index in [-0.39, 0.29) is 5.41 Å². The molecular formula is C21H30. The molecule has 0 heterocycles. The van der Waals surface area contributed by atoms with Crippen molar-refractivity contribution in [3.8, 4) is 11.1 Å². The Morgan fingerprint density at radius 1 is 0.762 bits per heavy atom. The van der Waals surface area contributed by atoms with Crippen LogP contribution in [0, 0.1) is 0 Å². The van der Waals surface area contributed by atoms with Crippen molar-refractivity contribution in [1.29, 1.82) is 0 Å². The van der Waals surface area contributed by atoms with Gasteiger partial charge in [-0.3, -0.25) is 0 Å². The highest BCUT2D eigenvalue weighted by molar-refractivity contribution is 5.65. The Balaban J connectivity index is 0.000000677. The lowest BCUT2D eigenvalue weighted by molar-refractivity contribution is 0.590. The largest absolute Gasteiger partial charge is 0.0656 e. The third kappa shape index (κ3) is 5.38. The molecule has 0 N–H and O–H groups in total. The molecule has 2 rings (SSSR count). The van der Waals surface area contributed by atoms with E-state index in [1.54, 1.807) is 0 Å². The van der Waals surface area contributed by atoms with Crippen molar-refractivity contribution < 1.29 is 0 Å². The normalized spacial score (nSPS) is 10.8. The molecule has 0 aliphatic carbocycles. The maximum absolute atomic E-state index is 2.31. The highest BCUT2D eigenvalue weighted by Gasteiger charge is 2.13. The lowest BCUT2D eigenvalue weighted by Gasteiger charge is -2.20. The molecule has 2 aromatic carbocycles. The molecule has 0 bridgehead atoms. The molecule has 0 radical (unpaired) electrons. The van der Waals surface area contributed by atoms with Gasteiger partial charge in [-0.1, -0.05) is 96.5 Å². The van der Waals surface area contributed by atoms with Crippen LogP contribution in [0.4, 0.5) is 0 Å². The fraction of sp³-hybridized carbons (Fsp3) is 0.429. The Hall–Kier alpha value is -1.56. The average Bonchev–Trinajstić information content (AvgIpc) is 2.47. The molecule has 0 aromatic heterocycles. The summed E-state index contributed by atoms with van der Waals surface area (Å²) >= 11 is 0. The summed E-state index contributed by atoms with van der Waals surface area (Å²) in [5.74, 6) is 0. The van der Waals surface area contributed by atoms with E-state index in [9.17, 15) is 0 Å². The number of aryl methyl sites for hydroxylation is 1. The molecule has 0 fully saturated rings. The van der Waals surface area contributed by atoms with Gasteiger partial charge in [-0.15, -0.1) is 0 Å². The van der Waals surface area contributed by atoms with E-state index in [2.05, 4.69) is 90.1 Å². The van der Waals surface area contributed by atoms with Crippen LogP contribution in [0.5, 0.6) is 0 Å². The Morgan fingerprint density at radius 2 is 1.29 bits per heavy atom. The van der Waals surface area contributed by atoms with E-state index in [1.165, 1.54) is 28.7 Å². The first kappa shape index (κ1) is 17.5. The Bertz CT molecular complexity index is 544. The fourth-order valence-electron chi connectivity index (χ4n) is 2.14. The standard InChI is InChI=1S/C18H22.C3H8/c1-5-14-8-6-9-15(12-14)16-10-7-11-17(13-16)18(2,3)4;1-3-2/h6-13H,5H2,1-4H3;3H2,1-2H3. The van der Waals surface area contributed by atoms with Crippen LogP contribution in [-0.2, 0) is 11.8 Å². The Labute approximate surface area is 131 Å². The molecule has 21 heavy (non-hydrogen) atoms. The van der Waals surface area contributed by atoms with Gasteiger partial charge in [-0.05, 0) is 34.1 Å². The first-order valence-corrected chi connectivity index (χ1v) is 8.12. The minimum atomic E-state index is 0.207. The quantitative estimate of drug-likeness (QED) is 0.580. The summed E-state index contributed by atoms with van der Waals surface area (Å²) in [6.07, 6.45) is 2.34. The van der Waals surface area contributed by atoms with Crippen molar-refractivity contribution >= 4 is 0 Å². The molecule has 0 aliphatic heterocycles. The second-order valence-corrected chi connectivity index (χ2v) is 6.59. The summed E-state index contributed by atoms with van der Waals surface area (Å²) in [6.45, 7) is 13.2. The van der Waals surface area contributed by atoms with Gasteiger partial charge in [0.05, 0.1) is 0 Å². The molecule has 0 atom stereocenters. The van der Waals surface area contributed by atoms with Crippen LogP contribution in [0.2, 0.25) is 0 Å². The van der Waals surface area contributed by atoms with Gasteiger partial charge in [-0.2, -0.15) is 0 Å². The molecule has 2 aromatic rings. The van der Waals surface area contributed by atoms with E-state index in [4.69, 9.17) is 0 Å². The summed E-state index contributed by atoms with van der Waals surface area (Å²) in [5.41, 5.74) is 5.63. The van der Waals surface area contributed by atoms with Crippen molar-refractivity contribution in [2.24, 2.45) is 0 Å². The zero-order valence-corrected chi connectivity index (χ0v) is 14.5. The van der Waals surface area contributed by atoms with Crippen molar-refractivity contribution in [3.05, 3.63) is 59.7 Å². The third-order valence-electron chi connectivity index (χ3n) is 3.40. The van der Waals surface area contributed by atoms with Crippen LogP contribution in [0.1, 0.15) is 59.1 Å². The highest BCUT2D eigenvalue weighted by Crippen LogP contribution is 2.27. The third-order valence-corrected chi connectivity index (χ3v) is 3.40. The van der Waals surface area contributed by atoms with Gasteiger partial charge in [-0.25, -0.2) is 0 Å². The molecule has 0 saturated carbocycles. The van der Waals surface area contributed by atoms with Crippen LogP contribution in [0.3, 0.4) is 0 Å². The molecule has 0 spiro atoms. The predicted octanol–water partition coefficient (Wildman–Crippen LogP) is 6.63. The topological polar surface area (TPSA) is 0 Å². The first-order valence-electron chi connectivity index (χ1n) is 8.12. The lowest BCUT2D eigenvalue weighted by Crippen LogP contribution is -2.10. The van der Waals surface area contributed by atoms with Crippen molar-refractivity contribution in [1.82, 2.24) is 0 Å². The maximum atomic E-state index is 2.31. The second kappa shape index (κ2) is 8.02. The van der Waals surface area contributed by atoms with Crippen LogP contribution in [-0.4, -0.2) is 0 Å². The second-order valence-electron chi connectivity index (χ2n) is 6.59. The van der Waals surface area contributed by atoms with Gasteiger partial charge in [0.2, 0.25) is 0 Å². The number of hydrogen-bond donors (Lipinski definition) is 0. The van der Waals surface area contributed by atoms with E-state index in [1.807, 2.05) is 0 Å². The highest BCUT2D eigenvalue weighted by atomic mass is 14.2. The van der Waals surface area contributed by atoms with E-state index >= 15 is 0 Å². The number of hydrogen-bond acceptors (Lipinski definition) is 0. The predicted molar refractivity (Wildman–Crippen MR) is 95.9 cm³/mol. The monoisotopic (exact) mass is 282 g/mol. The Morgan fingerprint density at radius 3 is 1.81 bits per heavy atom. The zero-order valence-electron chi connectivity index (χ0n) is 14.5. The first-order chi connectivity index (χ1) is 9.92. The minimum absolute atomic E-state index is 0.207. The summed E-state index contributed by atoms with van der Waals surface area (Å²) in [7, 11) is 0. The van der Waals surface area contributed by atoms with E-state index in [0.29, 0.717) is 0 Å². The van der Waals surface area contributed by atoms with Gasteiger partial charge in [0.25, 0.3) is 0 Å². The van der Waals surface area contributed by atoms with Crippen LogP contribution >= 0.6 is 0 Å². The van der Waals surface area contributed by atoms with Gasteiger partial charge >= 0.3 is 0 Å². The molecule has 0 saturated heterocycles. The number of rotatable bonds is 2. The van der Waals surface area contributed by atoms with Crippen LogP contribution in [0.15, 0.2) is 48.5 Å². The summed E-state index contributed by atoms with van der Waals surface area (Å²) in [4.78, 5) is 0. The maximum Gasteiger partial charge on any atom is -0.0132 e. The zero-order chi connectivity index (χ0) is 15.9. The summed E-state index contributed by atoms with van der Waals surface area (Å²) < 4.78 is 0. The molecular weight excluding hydrogens is 252 g/mol. The Kier molecular flexibility index (Phi) is 6.68. The fourth-order valence-corrected chi connectivity index (χ4v) is 2.14. The van der Waals surface area contributed by atoms with Gasteiger partial charge in [0, 0.05) is 0 Å². The molecule has 114 valence electrons. The van der Waals surface area contributed by atoms with Crippen LogP contribution in [0.25, 0.3) is 11.1 Å². The lowest BCUT2D eigenvalue weighted by atomic mass is 9.85. The minimum Gasteiger partial charge on any atom is -0.0656 e. The van der Waals surface area contributed by atoms with Crippen molar-refractivity contribution in [2.75, 3.05) is 0 Å². The number of benzene rings is 2. The van der Waals surface area contributed by atoms with Gasteiger partial charge < -0.3 is 0 Å². The smallest absolute Gasteiger partial charge is 0.0132 e. The van der Waals surface area contributed by atoms with Crippen LogP contribution < -0.4 is 0 Å².